The molecule has 0 saturated carbocycles. The summed E-state index contributed by atoms with van der Waals surface area (Å²) in [6.45, 7) is 2.64. The number of ether oxygens (including phenoxy) is 1. The molecule has 0 aliphatic rings. The van der Waals surface area contributed by atoms with Crippen LogP contribution < -0.4 is 10.1 Å². The van der Waals surface area contributed by atoms with Gasteiger partial charge in [-0.3, -0.25) is 0 Å². The van der Waals surface area contributed by atoms with Gasteiger partial charge in [-0.15, -0.1) is 0 Å². The first-order chi connectivity index (χ1) is 11.4. The topological polar surface area (TPSA) is 34.1 Å². The van der Waals surface area contributed by atoms with Crippen molar-refractivity contribution in [3.8, 4) is 5.88 Å². The number of hydrogen-bond acceptors (Lipinski definition) is 3. The summed E-state index contributed by atoms with van der Waals surface area (Å²) in [7, 11) is 0. The number of hydrogen-bond donors (Lipinski definition) is 1. The Morgan fingerprint density at radius 1 is 0.826 bits per heavy atom. The summed E-state index contributed by atoms with van der Waals surface area (Å²) in [5, 5.41) is 4.59. The minimum absolute atomic E-state index is 0.684. The van der Waals surface area contributed by atoms with E-state index in [1.807, 2.05) is 24.3 Å². The molecule has 0 fully saturated rings. The average molecular weight is 306 g/mol. The SMILES string of the molecule is c1ccc(CCNCCCOc2ccc3ccccc3n2)cc1. The van der Waals surface area contributed by atoms with Gasteiger partial charge in [0.2, 0.25) is 5.88 Å². The van der Waals surface area contributed by atoms with Gasteiger partial charge in [-0.05, 0) is 43.6 Å². The highest BCUT2D eigenvalue weighted by Crippen LogP contribution is 2.15. The molecule has 0 radical (unpaired) electrons. The quantitative estimate of drug-likeness (QED) is 0.642. The molecule has 0 aliphatic heterocycles. The number of pyridine rings is 1. The molecule has 3 aromatic rings. The zero-order valence-corrected chi connectivity index (χ0v) is 13.2. The first kappa shape index (κ1) is 15.5. The second kappa shape index (κ2) is 8.30. The molecule has 3 nitrogen and oxygen atoms in total. The Morgan fingerprint density at radius 2 is 1.65 bits per heavy atom. The van der Waals surface area contributed by atoms with Gasteiger partial charge >= 0.3 is 0 Å². The van der Waals surface area contributed by atoms with Crippen molar-refractivity contribution in [2.24, 2.45) is 0 Å². The highest BCUT2D eigenvalue weighted by molar-refractivity contribution is 5.78. The molecule has 23 heavy (non-hydrogen) atoms. The fourth-order valence-electron chi connectivity index (χ4n) is 2.50. The first-order valence-corrected chi connectivity index (χ1v) is 8.15. The molecule has 3 heteroatoms. The summed E-state index contributed by atoms with van der Waals surface area (Å²) in [5.41, 5.74) is 2.35. The zero-order chi connectivity index (χ0) is 15.7. The Morgan fingerprint density at radius 3 is 2.57 bits per heavy atom. The van der Waals surface area contributed by atoms with Crippen molar-refractivity contribution in [2.75, 3.05) is 19.7 Å². The third kappa shape index (κ3) is 4.80. The zero-order valence-electron chi connectivity index (χ0n) is 13.2. The Labute approximate surface area is 137 Å². The van der Waals surface area contributed by atoms with Gasteiger partial charge in [0.05, 0.1) is 12.1 Å². The van der Waals surface area contributed by atoms with Crippen molar-refractivity contribution in [1.29, 1.82) is 0 Å². The van der Waals surface area contributed by atoms with Gasteiger partial charge in [-0.25, -0.2) is 4.98 Å². The van der Waals surface area contributed by atoms with Crippen molar-refractivity contribution >= 4 is 10.9 Å². The van der Waals surface area contributed by atoms with Crippen LogP contribution in [-0.2, 0) is 6.42 Å². The molecule has 0 bridgehead atoms. The number of fused-ring (bicyclic) bond motifs is 1. The van der Waals surface area contributed by atoms with E-state index in [1.54, 1.807) is 0 Å². The summed E-state index contributed by atoms with van der Waals surface area (Å²) >= 11 is 0. The van der Waals surface area contributed by atoms with Crippen molar-refractivity contribution in [2.45, 2.75) is 12.8 Å². The fourth-order valence-corrected chi connectivity index (χ4v) is 2.50. The van der Waals surface area contributed by atoms with Crippen LogP contribution in [0.15, 0.2) is 66.7 Å². The lowest BCUT2D eigenvalue weighted by Gasteiger charge is -2.07. The van der Waals surface area contributed by atoms with Gasteiger partial charge in [0.15, 0.2) is 0 Å². The van der Waals surface area contributed by atoms with Crippen LogP contribution in [0.25, 0.3) is 10.9 Å². The van der Waals surface area contributed by atoms with Gasteiger partial charge in [0.1, 0.15) is 0 Å². The maximum atomic E-state index is 5.73. The molecule has 118 valence electrons. The molecule has 1 heterocycles. The Balaban J connectivity index is 1.33. The van der Waals surface area contributed by atoms with Crippen LogP contribution in [0.5, 0.6) is 5.88 Å². The second-order valence-electron chi connectivity index (χ2n) is 5.53. The van der Waals surface area contributed by atoms with Crippen LogP contribution in [0.2, 0.25) is 0 Å². The van der Waals surface area contributed by atoms with Crippen molar-refractivity contribution < 1.29 is 4.74 Å². The lowest BCUT2D eigenvalue weighted by molar-refractivity contribution is 0.298. The monoisotopic (exact) mass is 306 g/mol. The van der Waals surface area contributed by atoms with E-state index in [9.17, 15) is 0 Å². The molecule has 0 atom stereocenters. The van der Waals surface area contributed by atoms with Crippen molar-refractivity contribution in [1.82, 2.24) is 10.3 Å². The summed E-state index contributed by atoms with van der Waals surface area (Å²) in [5.74, 6) is 0.702. The van der Waals surface area contributed by atoms with E-state index in [4.69, 9.17) is 4.74 Å². The maximum absolute atomic E-state index is 5.73. The minimum atomic E-state index is 0.684. The number of rotatable bonds is 8. The molecule has 0 amide bonds. The van der Waals surface area contributed by atoms with Crippen LogP contribution >= 0.6 is 0 Å². The smallest absolute Gasteiger partial charge is 0.213 e. The Hall–Kier alpha value is -2.39. The number of nitrogens with zero attached hydrogens (tertiary/aromatic N) is 1. The Bertz CT molecular complexity index is 728. The summed E-state index contributed by atoms with van der Waals surface area (Å²) in [6.07, 6.45) is 2.04. The van der Waals surface area contributed by atoms with Gasteiger partial charge in [0, 0.05) is 11.5 Å². The Kier molecular flexibility index (Phi) is 5.59. The van der Waals surface area contributed by atoms with Gasteiger partial charge in [-0.2, -0.15) is 0 Å². The van der Waals surface area contributed by atoms with Crippen LogP contribution in [0, 0.1) is 0 Å². The molecule has 0 aliphatic carbocycles. The molecular formula is C20H22N2O. The largest absolute Gasteiger partial charge is 0.478 e. The summed E-state index contributed by atoms with van der Waals surface area (Å²) in [4.78, 5) is 4.51. The van der Waals surface area contributed by atoms with E-state index < -0.39 is 0 Å². The molecule has 0 unspecified atom stereocenters. The minimum Gasteiger partial charge on any atom is -0.478 e. The molecule has 3 rings (SSSR count). The van der Waals surface area contributed by atoms with E-state index >= 15 is 0 Å². The van der Waals surface area contributed by atoms with E-state index in [2.05, 4.69) is 52.8 Å². The van der Waals surface area contributed by atoms with E-state index in [0.717, 1.165) is 36.8 Å². The first-order valence-electron chi connectivity index (χ1n) is 8.15. The third-order valence-corrected chi connectivity index (χ3v) is 3.75. The highest BCUT2D eigenvalue weighted by atomic mass is 16.5. The van der Waals surface area contributed by atoms with Crippen molar-refractivity contribution in [3.63, 3.8) is 0 Å². The number of benzene rings is 2. The maximum Gasteiger partial charge on any atom is 0.213 e. The fraction of sp³-hybridized carbons (Fsp3) is 0.250. The van der Waals surface area contributed by atoms with Crippen LogP contribution in [0.4, 0.5) is 0 Å². The van der Waals surface area contributed by atoms with Gasteiger partial charge < -0.3 is 10.1 Å². The number of nitrogens with one attached hydrogen (secondary N) is 1. The molecule has 1 N–H and O–H groups in total. The molecule has 0 saturated heterocycles. The predicted molar refractivity (Wildman–Crippen MR) is 94.9 cm³/mol. The molecule has 2 aromatic carbocycles. The van der Waals surface area contributed by atoms with Crippen LogP contribution in [0.1, 0.15) is 12.0 Å². The van der Waals surface area contributed by atoms with Gasteiger partial charge in [0.25, 0.3) is 0 Å². The van der Waals surface area contributed by atoms with E-state index in [-0.39, 0.29) is 0 Å². The molecule has 1 aromatic heterocycles. The van der Waals surface area contributed by atoms with Crippen LogP contribution in [0.3, 0.4) is 0 Å². The number of aromatic nitrogens is 1. The standard InChI is InChI=1S/C20H22N2O/c1-2-7-17(8-3-1)13-15-21-14-6-16-23-20-12-11-18-9-4-5-10-19(18)22-20/h1-5,7-12,21H,6,13-16H2. The normalized spacial score (nSPS) is 10.8. The predicted octanol–water partition coefficient (Wildman–Crippen LogP) is 3.84. The summed E-state index contributed by atoms with van der Waals surface area (Å²) < 4.78 is 5.73. The van der Waals surface area contributed by atoms with E-state index in [0.29, 0.717) is 12.5 Å². The van der Waals surface area contributed by atoms with Crippen molar-refractivity contribution in [3.05, 3.63) is 72.3 Å². The second-order valence-corrected chi connectivity index (χ2v) is 5.53. The molecule has 0 spiro atoms. The third-order valence-electron chi connectivity index (χ3n) is 3.75. The summed E-state index contributed by atoms with van der Waals surface area (Å²) in [6, 6.07) is 22.6. The van der Waals surface area contributed by atoms with Crippen LogP contribution in [-0.4, -0.2) is 24.7 Å². The van der Waals surface area contributed by atoms with E-state index in [1.165, 1.54) is 5.56 Å². The average Bonchev–Trinajstić information content (AvgIpc) is 2.61. The highest BCUT2D eigenvalue weighted by Gasteiger charge is 1.98. The van der Waals surface area contributed by atoms with Gasteiger partial charge in [-0.1, -0.05) is 48.5 Å². The number of para-hydroxylation sites is 1. The lowest BCUT2D eigenvalue weighted by atomic mass is 10.1. The lowest BCUT2D eigenvalue weighted by Crippen LogP contribution is -2.20. The molecular weight excluding hydrogens is 284 g/mol.